The van der Waals surface area contributed by atoms with Gasteiger partial charge in [-0.2, -0.15) is 0 Å². The van der Waals surface area contributed by atoms with Crippen LogP contribution in [-0.4, -0.2) is 17.0 Å². The summed E-state index contributed by atoms with van der Waals surface area (Å²) in [7, 11) is 1.97. The maximum atomic E-state index is 4.59. The third kappa shape index (κ3) is 3.12. The third-order valence-electron chi connectivity index (χ3n) is 3.58. The molecular formula is C17H16BrN3. The van der Waals surface area contributed by atoms with Crippen molar-refractivity contribution >= 4 is 26.7 Å². The molecule has 0 saturated carbocycles. The summed E-state index contributed by atoms with van der Waals surface area (Å²) in [5.74, 6) is 0. The van der Waals surface area contributed by atoms with E-state index >= 15 is 0 Å². The van der Waals surface area contributed by atoms with Crippen LogP contribution in [0.4, 0.5) is 0 Å². The van der Waals surface area contributed by atoms with Crippen LogP contribution in [0.2, 0.25) is 0 Å². The van der Waals surface area contributed by atoms with Gasteiger partial charge in [-0.25, -0.2) is 0 Å². The van der Waals surface area contributed by atoms with Gasteiger partial charge < -0.3 is 5.32 Å². The van der Waals surface area contributed by atoms with Gasteiger partial charge in [-0.05, 0) is 46.6 Å². The van der Waals surface area contributed by atoms with Crippen LogP contribution in [0.15, 0.2) is 59.3 Å². The molecule has 1 atom stereocenters. The van der Waals surface area contributed by atoms with E-state index < -0.39 is 0 Å². The van der Waals surface area contributed by atoms with Gasteiger partial charge in [-0.3, -0.25) is 9.97 Å². The molecule has 0 fully saturated rings. The Kier molecular flexibility index (Phi) is 4.27. The molecule has 0 aliphatic rings. The maximum absolute atomic E-state index is 4.59. The monoisotopic (exact) mass is 341 g/mol. The molecule has 2 heterocycles. The largest absolute Gasteiger partial charge is 0.311 e. The lowest BCUT2D eigenvalue weighted by Crippen LogP contribution is -2.20. The van der Waals surface area contributed by atoms with E-state index in [0.717, 1.165) is 22.3 Å². The van der Waals surface area contributed by atoms with Gasteiger partial charge in [0.2, 0.25) is 0 Å². The zero-order valence-corrected chi connectivity index (χ0v) is 13.3. The Morgan fingerprint density at radius 3 is 2.71 bits per heavy atom. The van der Waals surface area contributed by atoms with E-state index in [-0.39, 0.29) is 6.04 Å². The number of fused-ring (bicyclic) bond motifs is 1. The number of halogens is 1. The molecule has 0 radical (unpaired) electrons. The molecule has 106 valence electrons. The number of hydrogen-bond donors (Lipinski definition) is 1. The van der Waals surface area contributed by atoms with Crippen LogP contribution in [-0.2, 0) is 6.42 Å². The fourth-order valence-corrected chi connectivity index (χ4v) is 2.73. The molecule has 3 nitrogen and oxygen atoms in total. The summed E-state index contributed by atoms with van der Waals surface area (Å²) < 4.78 is 0.996. The van der Waals surface area contributed by atoms with Gasteiger partial charge in [-0.1, -0.05) is 24.3 Å². The van der Waals surface area contributed by atoms with Crippen LogP contribution in [0.3, 0.4) is 0 Å². The van der Waals surface area contributed by atoms with Crippen molar-refractivity contribution in [2.75, 3.05) is 7.05 Å². The zero-order chi connectivity index (χ0) is 14.7. The summed E-state index contributed by atoms with van der Waals surface area (Å²) in [4.78, 5) is 9.05. The highest BCUT2D eigenvalue weighted by molar-refractivity contribution is 9.10. The van der Waals surface area contributed by atoms with Crippen molar-refractivity contribution in [1.29, 1.82) is 0 Å². The first-order valence-corrected chi connectivity index (χ1v) is 7.68. The van der Waals surface area contributed by atoms with E-state index in [9.17, 15) is 0 Å². The van der Waals surface area contributed by atoms with Gasteiger partial charge >= 0.3 is 0 Å². The predicted octanol–water partition coefficient (Wildman–Crippen LogP) is 3.90. The van der Waals surface area contributed by atoms with Gasteiger partial charge in [0.15, 0.2) is 0 Å². The summed E-state index contributed by atoms with van der Waals surface area (Å²) in [5, 5.41) is 5.76. The molecule has 0 saturated heterocycles. The number of rotatable bonds is 4. The lowest BCUT2D eigenvalue weighted by atomic mass is 10.0. The Bertz CT molecular complexity index is 735. The van der Waals surface area contributed by atoms with Crippen LogP contribution in [0.5, 0.6) is 0 Å². The zero-order valence-electron chi connectivity index (χ0n) is 11.8. The van der Waals surface area contributed by atoms with Crippen molar-refractivity contribution in [3.8, 4) is 0 Å². The minimum absolute atomic E-state index is 0.143. The Morgan fingerprint density at radius 1 is 1.10 bits per heavy atom. The molecule has 0 spiro atoms. The number of likely N-dealkylation sites (N-methyl/N-ethyl adjacent to an activating group) is 1. The van der Waals surface area contributed by atoms with Crippen molar-refractivity contribution in [2.24, 2.45) is 0 Å². The average Bonchev–Trinajstić information content (AvgIpc) is 2.54. The van der Waals surface area contributed by atoms with Gasteiger partial charge in [0, 0.05) is 34.4 Å². The first-order valence-electron chi connectivity index (χ1n) is 6.89. The molecule has 0 aliphatic carbocycles. The average molecular weight is 342 g/mol. The fraction of sp³-hybridized carbons (Fsp3) is 0.176. The molecule has 3 rings (SSSR count). The van der Waals surface area contributed by atoms with Gasteiger partial charge in [0.25, 0.3) is 0 Å². The molecule has 1 unspecified atom stereocenters. The van der Waals surface area contributed by atoms with E-state index in [4.69, 9.17) is 0 Å². The lowest BCUT2D eigenvalue weighted by Gasteiger charge is -2.17. The van der Waals surface area contributed by atoms with E-state index in [1.54, 1.807) is 0 Å². The number of nitrogens with zero attached hydrogens (tertiary/aromatic N) is 2. The molecule has 1 aromatic carbocycles. The number of nitrogens with one attached hydrogen (secondary N) is 1. The second-order valence-corrected chi connectivity index (χ2v) is 5.85. The molecule has 0 bridgehead atoms. The quantitative estimate of drug-likeness (QED) is 0.782. The van der Waals surface area contributed by atoms with Crippen molar-refractivity contribution in [2.45, 2.75) is 12.5 Å². The smallest absolute Gasteiger partial charge is 0.0655 e. The molecule has 3 aromatic rings. The lowest BCUT2D eigenvalue weighted by molar-refractivity contribution is 0.574. The number of benzene rings is 1. The van der Waals surface area contributed by atoms with Crippen molar-refractivity contribution in [3.05, 3.63) is 70.7 Å². The predicted molar refractivity (Wildman–Crippen MR) is 89.2 cm³/mol. The second-order valence-electron chi connectivity index (χ2n) is 4.93. The molecule has 4 heteroatoms. The van der Waals surface area contributed by atoms with Gasteiger partial charge in [0.05, 0.1) is 11.7 Å². The third-order valence-corrected chi connectivity index (χ3v) is 4.05. The summed E-state index contributed by atoms with van der Waals surface area (Å²) >= 11 is 3.42. The normalized spacial score (nSPS) is 12.5. The maximum Gasteiger partial charge on any atom is 0.0655 e. The van der Waals surface area contributed by atoms with Gasteiger partial charge in [-0.15, -0.1) is 0 Å². The van der Waals surface area contributed by atoms with Gasteiger partial charge in [0.1, 0.15) is 0 Å². The van der Waals surface area contributed by atoms with E-state index in [1.165, 1.54) is 10.8 Å². The highest BCUT2D eigenvalue weighted by Crippen LogP contribution is 2.24. The Labute approximate surface area is 132 Å². The first kappa shape index (κ1) is 14.2. The minimum atomic E-state index is 0.143. The highest BCUT2D eigenvalue weighted by atomic mass is 79.9. The molecule has 0 aliphatic heterocycles. The van der Waals surface area contributed by atoms with Crippen molar-refractivity contribution < 1.29 is 0 Å². The topological polar surface area (TPSA) is 37.8 Å². The highest BCUT2D eigenvalue weighted by Gasteiger charge is 2.15. The van der Waals surface area contributed by atoms with E-state index in [1.807, 2.05) is 37.6 Å². The fourth-order valence-electron chi connectivity index (χ4n) is 2.49. The van der Waals surface area contributed by atoms with Crippen LogP contribution in [0.1, 0.15) is 17.4 Å². The number of hydrogen-bond acceptors (Lipinski definition) is 3. The van der Waals surface area contributed by atoms with E-state index in [2.05, 4.69) is 55.5 Å². The number of pyridine rings is 2. The first-order chi connectivity index (χ1) is 10.3. The number of aromatic nitrogens is 2. The Hall–Kier alpha value is -1.78. The molecule has 2 aromatic heterocycles. The second kappa shape index (κ2) is 6.33. The molecular weight excluding hydrogens is 326 g/mol. The summed E-state index contributed by atoms with van der Waals surface area (Å²) in [5.41, 5.74) is 2.12. The SMILES string of the molecule is CNC(Cc1ccc(Br)cn1)c1nccc2ccccc12. The van der Waals surface area contributed by atoms with Crippen LogP contribution < -0.4 is 5.32 Å². The summed E-state index contributed by atoms with van der Waals surface area (Å²) in [6.45, 7) is 0. The van der Waals surface area contributed by atoms with Crippen LogP contribution in [0, 0.1) is 0 Å². The molecule has 1 N–H and O–H groups in total. The molecule has 21 heavy (non-hydrogen) atoms. The van der Waals surface area contributed by atoms with Crippen molar-refractivity contribution in [1.82, 2.24) is 15.3 Å². The van der Waals surface area contributed by atoms with Crippen LogP contribution >= 0.6 is 15.9 Å². The van der Waals surface area contributed by atoms with E-state index in [0.29, 0.717) is 0 Å². The standard InChI is InChI=1S/C17H16BrN3/c1-19-16(10-14-7-6-13(18)11-21-14)17-15-5-3-2-4-12(15)8-9-20-17/h2-9,11,16,19H,10H2,1H3. The summed E-state index contributed by atoms with van der Waals surface area (Å²) in [6, 6.07) is 14.6. The Balaban J connectivity index is 1.96. The minimum Gasteiger partial charge on any atom is -0.311 e. The molecule has 0 amide bonds. The summed E-state index contributed by atoms with van der Waals surface area (Å²) in [6.07, 6.45) is 4.51. The van der Waals surface area contributed by atoms with Crippen molar-refractivity contribution in [3.63, 3.8) is 0 Å². The van der Waals surface area contributed by atoms with Crippen LogP contribution in [0.25, 0.3) is 10.8 Å². The Morgan fingerprint density at radius 2 is 1.95 bits per heavy atom.